The number of amides is 1. The van der Waals surface area contributed by atoms with Crippen LogP contribution < -0.4 is 14.8 Å². The number of fused-ring (bicyclic) bond motifs is 3. The Morgan fingerprint density at radius 2 is 1.69 bits per heavy atom. The van der Waals surface area contributed by atoms with Crippen molar-refractivity contribution in [3.05, 3.63) is 102 Å². The van der Waals surface area contributed by atoms with E-state index < -0.39 is 17.4 Å². The molecular formula is C29H22N2O5. The highest BCUT2D eigenvalue weighted by molar-refractivity contribution is 6.25. The summed E-state index contributed by atoms with van der Waals surface area (Å²) in [6, 6.07) is 25.8. The molecule has 0 aliphatic carbocycles. The van der Waals surface area contributed by atoms with E-state index in [0.717, 1.165) is 10.8 Å². The minimum Gasteiger partial charge on any atom is -0.497 e. The highest BCUT2D eigenvalue weighted by Gasteiger charge is 2.63. The number of ketones is 1. The molecule has 0 bridgehead atoms. The van der Waals surface area contributed by atoms with Gasteiger partial charge in [0, 0.05) is 28.4 Å². The molecule has 0 saturated carbocycles. The van der Waals surface area contributed by atoms with Crippen LogP contribution in [-0.2, 0) is 15.2 Å². The first-order valence-electron chi connectivity index (χ1n) is 11.5. The van der Waals surface area contributed by atoms with Gasteiger partial charge >= 0.3 is 0 Å². The lowest BCUT2D eigenvalue weighted by Gasteiger charge is -2.27. The van der Waals surface area contributed by atoms with E-state index in [1.54, 1.807) is 43.5 Å². The predicted molar refractivity (Wildman–Crippen MR) is 136 cm³/mol. The van der Waals surface area contributed by atoms with Gasteiger partial charge in [-0.25, -0.2) is 0 Å². The Hall–Kier alpha value is -4.65. The van der Waals surface area contributed by atoms with Crippen LogP contribution in [-0.4, -0.2) is 31.6 Å². The summed E-state index contributed by atoms with van der Waals surface area (Å²) < 4.78 is 10.9. The van der Waals surface area contributed by atoms with Crippen molar-refractivity contribution in [1.82, 2.24) is 0 Å². The Morgan fingerprint density at radius 1 is 0.917 bits per heavy atom. The van der Waals surface area contributed by atoms with Gasteiger partial charge in [0.2, 0.25) is 0 Å². The monoisotopic (exact) mass is 478 g/mol. The molecule has 0 saturated heterocycles. The predicted octanol–water partition coefficient (Wildman–Crippen LogP) is 4.94. The van der Waals surface area contributed by atoms with Gasteiger partial charge in [-0.15, -0.1) is 0 Å². The van der Waals surface area contributed by atoms with Crippen LogP contribution in [0.4, 0.5) is 5.69 Å². The third-order valence-electron chi connectivity index (χ3n) is 6.86. The fraction of sp³-hybridized carbons (Fsp3) is 0.138. The smallest absolute Gasteiger partial charge is 0.277 e. The third kappa shape index (κ3) is 3.09. The summed E-state index contributed by atoms with van der Waals surface area (Å²) in [5.41, 5.74) is 0.851. The van der Waals surface area contributed by atoms with Crippen molar-refractivity contribution in [3.63, 3.8) is 0 Å². The molecule has 0 unspecified atom stereocenters. The Labute approximate surface area is 207 Å². The van der Waals surface area contributed by atoms with Crippen LogP contribution in [0.2, 0.25) is 0 Å². The molecule has 6 rings (SSSR count). The minimum atomic E-state index is -1.64. The number of carbonyl (C=O) groups excluding carboxylic acids is 2. The third-order valence-corrected chi connectivity index (χ3v) is 6.86. The molecule has 0 radical (unpaired) electrons. The number of nitrogens with one attached hydrogen (secondary N) is 1. The molecule has 1 amide bonds. The molecule has 4 aromatic rings. The molecule has 178 valence electrons. The van der Waals surface area contributed by atoms with Crippen LogP contribution in [0.25, 0.3) is 10.8 Å². The normalized spacial score (nSPS) is 20.0. The summed E-state index contributed by atoms with van der Waals surface area (Å²) in [5.74, 6) is -0.719. The lowest BCUT2D eigenvalue weighted by atomic mass is 9.74. The molecule has 7 nitrogen and oxygen atoms in total. The molecule has 36 heavy (non-hydrogen) atoms. The number of hydrogen-bond donors (Lipinski definition) is 1. The zero-order chi connectivity index (χ0) is 24.9. The van der Waals surface area contributed by atoms with Crippen molar-refractivity contribution in [2.75, 3.05) is 19.5 Å². The number of nitrogens with zero attached hydrogens (tertiary/aromatic N) is 1. The first-order valence-corrected chi connectivity index (χ1v) is 11.5. The zero-order valence-corrected chi connectivity index (χ0v) is 19.6. The van der Waals surface area contributed by atoms with E-state index in [1.165, 1.54) is 7.11 Å². The van der Waals surface area contributed by atoms with Gasteiger partial charge in [-0.2, -0.15) is 0 Å². The number of oxime groups is 1. The van der Waals surface area contributed by atoms with Gasteiger partial charge in [-0.3, -0.25) is 9.59 Å². The number of ether oxygens (including phenoxy) is 2. The van der Waals surface area contributed by atoms with Gasteiger partial charge in [-0.05, 0) is 35.0 Å². The molecule has 2 heterocycles. The summed E-state index contributed by atoms with van der Waals surface area (Å²) in [5, 5.41) is 9.17. The number of Topliss-reactive ketones (excluding diaryl/α,β-unsaturated/α-hetero) is 1. The number of carbonyl (C=O) groups is 2. The van der Waals surface area contributed by atoms with Crippen LogP contribution in [0.3, 0.4) is 0 Å². The van der Waals surface area contributed by atoms with Gasteiger partial charge in [0.1, 0.15) is 23.1 Å². The summed E-state index contributed by atoms with van der Waals surface area (Å²) in [6.45, 7) is 0. The second-order valence-corrected chi connectivity index (χ2v) is 8.73. The molecule has 7 heteroatoms. The fourth-order valence-electron chi connectivity index (χ4n) is 5.08. The van der Waals surface area contributed by atoms with Crippen molar-refractivity contribution in [1.29, 1.82) is 0 Å². The number of methoxy groups -OCH3 is 2. The lowest BCUT2D eigenvalue weighted by molar-refractivity contribution is -0.140. The van der Waals surface area contributed by atoms with Crippen LogP contribution >= 0.6 is 0 Å². The molecular weight excluding hydrogens is 456 g/mol. The van der Waals surface area contributed by atoms with Crippen molar-refractivity contribution in [2.24, 2.45) is 11.1 Å². The van der Waals surface area contributed by atoms with Crippen LogP contribution in [0, 0.1) is 5.92 Å². The van der Waals surface area contributed by atoms with Crippen molar-refractivity contribution in [3.8, 4) is 11.5 Å². The number of anilines is 1. The van der Waals surface area contributed by atoms with Crippen LogP contribution in [0.15, 0.2) is 90.1 Å². The zero-order valence-electron chi connectivity index (χ0n) is 19.6. The molecule has 1 spiro atoms. The number of benzene rings is 4. The molecule has 4 aromatic carbocycles. The van der Waals surface area contributed by atoms with Gasteiger partial charge in [0.05, 0.1) is 14.2 Å². The van der Waals surface area contributed by atoms with Crippen LogP contribution in [0.1, 0.15) is 21.5 Å². The quantitative estimate of drug-likeness (QED) is 0.411. The van der Waals surface area contributed by atoms with E-state index in [2.05, 4.69) is 10.5 Å². The minimum absolute atomic E-state index is 0.276. The van der Waals surface area contributed by atoms with E-state index in [9.17, 15) is 9.59 Å². The maximum atomic E-state index is 14.3. The first kappa shape index (κ1) is 21.9. The SMILES string of the molecule is COc1ccc(C2=NO[C@]3(C(=O)Nc4ccccc43)[C@@H]2C(=O)c2ccc3ccccc3c2)c(OC)c1. The van der Waals surface area contributed by atoms with Gasteiger partial charge in [0.25, 0.3) is 11.5 Å². The summed E-state index contributed by atoms with van der Waals surface area (Å²) in [7, 11) is 3.09. The maximum Gasteiger partial charge on any atom is 0.277 e. The van der Waals surface area contributed by atoms with Gasteiger partial charge in [-0.1, -0.05) is 59.8 Å². The highest BCUT2D eigenvalue weighted by Crippen LogP contribution is 2.50. The van der Waals surface area contributed by atoms with Crippen molar-refractivity contribution >= 4 is 33.9 Å². The number of rotatable bonds is 5. The summed E-state index contributed by atoms with van der Waals surface area (Å²) >= 11 is 0. The summed E-state index contributed by atoms with van der Waals surface area (Å²) in [6.07, 6.45) is 0. The maximum absolute atomic E-state index is 14.3. The van der Waals surface area contributed by atoms with E-state index in [4.69, 9.17) is 14.3 Å². The topological polar surface area (TPSA) is 86.2 Å². The largest absolute Gasteiger partial charge is 0.497 e. The Bertz CT molecular complexity index is 1580. The molecule has 2 aliphatic heterocycles. The average Bonchev–Trinajstić information content (AvgIpc) is 3.46. The Morgan fingerprint density at radius 3 is 2.50 bits per heavy atom. The second-order valence-electron chi connectivity index (χ2n) is 8.73. The molecule has 1 N–H and O–H groups in total. The average molecular weight is 479 g/mol. The molecule has 2 atom stereocenters. The number of hydrogen-bond acceptors (Lipinski definition) is 6. The van der Waals surface area contributed by atoms with E-state index in [-0.39, 0.29) is 5.78 Å². The van der Waals surface area contributed by atoms with Crippen molar-refractivity contribution in [2.45, 2.75) is 5.60 Å². The highest BCUT2D eigenvalue weighted by atomic mass is 16.7. The van der Waals surface area contributed by atoms with Gasteiger partial charge < -0.3 is 19.6 Å². The van der Waals surface area contributed by atoms with E-state index >= 15 is 0 Å². The number of para-hydroxylation sites is 1. The van der Waals surface area contributed by atoms with E-state index in [0.29, 0.717) is 39.6 Å². The van der Waals surface area contributed by atoms with Gasteiger partial charge in [0.15, 0.2) is 5.78 Å². The summed E-state index contributed by atoms with van der Waals surface area (Å²) in [4.78, 5) is 33.8. The lowest BCUT2D eigenvalue weighted by Crippen LogP contribution is -2.46. The Balaban J connectivity index is 1.55. The molecule has 0 fully saturated rings. The Kier molecular flexibility index (Phi) is 5.00. The molecule has 2 aliphatic rings. The standard InChI is InChI=1S/C29H22N2O5/c1-34-20-13-14-21(24(16-20)35-2)26-25(27(32)19-12-11-17-7-3-4-8-18(17)15-19)29(36-31-26)22-9-5-6-10-23(22)30-28(29)33/h3-16,25H,1-2H3,(H,30,33)/t25-,29-/m0/s1. The van der Waals surface area contributed by atoms with Crippen LogP contribution in [0.5, 0.6) is 11.5 Å². The first-order chi connectivity index (χ1) is 17.6. The second kappa shape index (κ2) is 8.23. The fourth-order valence-corrected chi connectivity index (χ4v) is 5.08. The van der Waals surface area contributed by atoms with E-state index in [1.807, 2.05) is 48.5 Å². The van der Waals surface area contributed by atoms with Crippen molar-refractivity contribution < 1.29 is 23.9 Å². The molecule has 0 aromatic heterocycles.